The van der Waals surface area contributed by atoms with Crippen molar-refractivity contribution in [2.75, 3.05) is 25.5 Å². The number of methoxy groups -OCH3 is 1. The lowest BCUT2D eigenvalue weighted by Crippen LogP contribution is -2.42. The fraction of sp³-hybridized carbons (Fsp3) is 0.462. The van der Waals surface area contributed by atoms with Crippen LogP contribution < -0.4 is 10.1 Å². The lowest BCUT2D eigenvalue weighted by molar-refractivity contribution is 0.0972. The van der Waals surface area contributed by atoms with Crippen molar-refractivity contribution < 1.29 is 14.6 Å². The quantitative estimate of drug-likeness (QED) is 0.839. The number of likely N-dealkylation sites (tertiary alicyclic amines) is 1. The summed E-state index contributed by atoms with van der Waals surface area (Å²) in [5.41, 5.74) is 0.743. The molecule has 1 aliphatic heterocycles. The summed E-state index contributed by atoms with van der Waals surface area (Å²) in [6, 6.07) is 7.09. The van der Waals surface area contributed by atoms with E-state index in [1.165, 1.54) is 0 Å². The Balaban J connectivity index is 1.90. The van der Waals surface area contributed by atoms with Gasteiger partial charge in [0, 0.05) is 18.8 Å². The molecular formula is C13H18N2O3. The van der Waals surface area contributed by atoms with Crippen LogP contribution in [0.3, 0.4) is 0 Å². The van der Waals surface area contributed by atoms with Crippen molar-refractivity contribution in [3.63, 3.8) is 0 Å². The minimum Gasteiger partial charge on any atom is -0.497 e. The number of ether oxygens (including phenoxy) is 1. The molecule has 0 saturated carbocycles. The second-order valence-corrected chi connectivity index (χ2v) is 4.38. The first kappa shape index (κ1) is 12.7. The van der Waals surface area contributed by atoms with E-state index in [1.807, 2.05) is 0 Å². The van der Waals surface area contributed by atoms with Gasteiger partial charge in [-0.05, 0) is 37.1 Å². The van der Waals surface area contributed by atoms with Crippen molar-refractivity contribution in [1.29, 1.82) is 0 Å². The van der Waals surface area contributed by atoms with Crippen LogP contribution in [0.5, 0.6) is 5.75 Å². The number of aliphatic hydroxyl groups is 1. The molecule has 0 bridgehead atoms. The predicted molar refractivity (Wildman–Crippen MR) is 68.8 cm³/mol. The number of benzene rings is 1. The fourth-order valence-corrected chi connectivity index (χ4v) is 1.95. The van der Waals surface area contributed by atoms with Gasteiger partial charge in [-0.3, -0.25) is 0 Å². The second-order valence-electron chi connectivity index (χ2n) is 4.38. The molecule has 0 atom stereocenters. The van der Waals surface area contributed by atoms with Crippen LogP contribution in [0.1, 0.15) is 12.8 Å². The minimum absolute atomic E-state index is 0.118. The van der Waals surface area contributed by atoms with Gasteiger partial charge in [0.2, 0.25) is 0 Å². The molecule has 5 heteroatoms. The van der Waals surface area contributed by atoms with Gasteiger partial charge < -0.3 is 20.1 Å². The number of aliphatic hydroxyl groups excluding tert-OH is 1. The van der Waals surface area contributed by atoms with Crippen LogP contribution in [-0.4, -0.2) is 42.3 Å². The molecule has 1 saturated heterocycles. The van der Waals surface area contributed by atoms with Crippen molar-refractivity contribution in [3.8, 4) is 5.75 Å². The van der Waals surface area contributed by atoms with E-state index in [2.05, 4.69) is 5.32 Å². The van der Waals surface area contributed by atoms with Gasteiger partial charge in [0.25, 0.3) is 0 Å². The normalized spacial score (nSPS) is 16.4. The average Bonchev–Trinajstić information content (AvgIpc) is 2.40. The Kier molecular flexibility index (Phi) is 4.04. The molecule has 1 aromatic carbocycles. The van der Waals surface area contributed by atoms with Crippen molar-refractivity contribution in [1.82, 2.24) is 4.90 Å². The third-order valence-corrected chi connectivity index (χ3v) is 3.09. The van der Waals surface area contributed by atoms with Gasteiger partial charge in [0.05, 0.1) is 13.2 Å². The van der Waals surface area contributed by atoms with E-state index in [0.29, 0.717) is 25.9 Å². The highest BCUT2D eigenvalue weighted by Gasteiger charge is 2.21. The number of rotatable bonds is 2. The molecule has 18 heavy (non-hydrogen) atoms. The van der Waals surface area contributed by atoms with Crippen LogP contribution in [-0.2, 0) is 0 Å². The largest absolute Gasteiger partial charge is 0.497 e. The molecule has 0 unspecified atom stereocenters. The average molecular weight is 250 g/mol. The molecule has 1 aromatic rings. The molecule has 0 radical (unpaired) electrons. The maximum absolute atomic E-state index is 11.9. The molecule has 1 heterocycles. The van der Waals surface area contributed by atoms with Crippen LogP contribution in [0.25, 0.3) is 0 Å². The lowest BCUT2D eigenvalue weighted by Gasteiger charge is -2.29. The number of amides is 2. The maximum atomic E-state index is 11.9. The number of urea groups is 1. The molecule has 1 aliphatic rings. The minimum atomic E-state index is -0.268. The van der Waals surface area contributed by atoms with Crippen LogP contribution in [0.2, 0.25) is 0 Å². The Morgan fingerprint density at radius 3 is 2.50 bits per heavy atom. The van der Waals surface area contributed by atoms with Crippen LogP contribution in [0, 0.1) is 0 Å². The molecule has 2 amide bonds. The predicted octanol–water partition coefficient (Wildman–Crippen LogP) is 1.68. The molecule has 98 valence electrons. The number of hydrogen-bond acceptors (Lipinski definition) is 3. The Morgan fingerprint density at radius 2 is 1.94 bits per heavy atom. The third kappa shape index (κ3) is 3.13. The van der Waals surface area contributed by atoms with E-state index in [4.69, 9.17) is 4.74 Å². The molecule has 5 nitrogen and oxygen atoms in total. The first-order valence-corrected chi connectivity index (χ1v) is 6.07. The van der Waals surface area contributed by atoms with Gasteiger partial charge >= 0.3 is 6.03 Å². The van der Waals surface area contributed by atoms with Crippen molar-refractivity contribution in [2.45, 2.75) is 18.9 Å². The van der Waals surface area contributed by atoms with Crippen molar-refractivity contribution in [2.24, 2.45) is 0 Å². The number of anilines is 1. The highest BCUT2D eigenvalue weighted by molar-refractivity contribution is 5.89. The van der Waals surface area contributed by atoms with E-state index in [-0.39, 0.29) is 12.1 Å². The lowest BCUT2D eigenvalue weighted by atomic mass is 10.1. The zero-order chi connectivity index (χ0) is 13.0. The Hall–Kier alpha value is -1.75. The Bertz CT molecular complexity index is 397. The monoisotopic (exact) mass is 250 g/mol. The van der Waals surface area contributed by atoms with E-state index in [9.17, 15) is 9.90 Å². The van der Waals surface area contributed by atoms with Crippen LogP contribution in [0.15, 0.2) is 24.3 Å². The van der Waals surface area contributed by atoms with Gasteiger partial charge in [-0.15, -0.1) is 0 Å². The van der Waals surface area contributed by atoms with E-state index >= 15 is 0 Å². The van der Waals surface area contributed by atoms with Gasteiger partial charge in [0.15, 0.2) is 0 Å². The second kappa shape index (κ2) is 5.73. The number of carbonyl (C=O) groups is 1. The molecule has 0 aliphatic carbocycles. The van der Waals surface area contributed by atoms with Crippen molar-refractivity contribution >= 4 is 11.7 Å². The van der Waals surface area contributed by atoms with Crippen LogP contribution >= 0.6 is 0 Å². The zero-order valence-electron chi connectivity index (χ0n) is 10.4. The molecule has 1 fully saturated rings. The van der Waals surface area contributed by atoms with E-state index in [0.717, 1.165) is 11.4 Å². The molecule has 0 aromatic heterocycles. The first-order chi connectivity index (χ1) is 8.69. The number of piperidine rings is 1. The molecule has 2 N–H and O–H groups in total. The maximum Gasteiger partial charge on any atom is 0.321 e. The summed E-state index contributed by atoms with van der Waals surface area (Å²) >= 11 is 0. The van der Waals surface area contributed by atoms with Gasteiger partial charge in [-0.2, -0.15) is 0 Å². The number of hydrogen-bond donors (Lipinski definition) is 2. The van der Waals surface area contributed by atoms with Gasteiger partial charge in [-0.25, -0.2) is 4.79 Å². The molecule has 0 spiro atoms. The van der Waals surface area contributed by atoms with E-state index in [1.54, 1.807) is 36.3 Å². The number of carbonyl (C=O) groups excluding carboxylic acids is 1. The zero-order valence-corrected chi connectivity index (χ0v) is 10.4. The SMILES string of the molecule is COc1ccc(NC(=O)N2CCC(O)CC2)cc1. The summed E-state index contributed by atoms with van der Waals surface area (Å²) in [6.45, 7) is 1.20. The summed E-state index contributed by atoms with van der Waals surface area (Å²) in [4.78, 5) is 13.6. The first-order valence-electron chi connectivity index (χ1n) is 6.07. The van der Waals surface area contributed by atoms with Gasteiger partial charge in [-0.1, -0.05) is 0 Å². The highest BCUT2D eigenvalue weighted by Crippen LogP contribution is 2.16. The molecular weight excluding hydrogens is 232 g/mol. The summed E-state index contributed by atoms with van der Waals surface area (Å²) < 4.78 is 5.05. The number of nitrogens with one attached hydrogen (secondary N) is 1. The Morgan fingerprint density at radius 1 is 1.33 bits per heavy atom. The van der Waals surface area contributed by atoms with E-state index < -0.39 is 0 Å². The standard InChI is InChI=1S/C13H18N2O3/c1-18-12-4-2-10(3-5-12)14-13(17)15-8-6-11(16)7-9-15/h2-5,11,16H,6-9H2,1H3,(H,14,17). The smallest absolute Gasteiger partial charge is 0.321 e. The summed E-state index contributed by atoms with van der Waals surface area (Å²) in [6.07, 6.45) is 1.03. The number of nitrogens with zero attached hydrogens (tertiary/aromatic N) is 1. The summed E-state index contributed by atoms with van der Waals surface area (Å²) in [5, 5.41) is 12.2. The third-order valence-electron chi connectivity index (χ3n) is 3.09. The summed E-state index contributed by atoms with van der Waals surface area (Å²) in [5.74, 6) is 0.758. The Labute approximate surface area is 106 Å². The highest BCUT2D eigenvalue weighted by atomic mass is 16.5. The molecule has 2 rings (SSSR count). The van der Waals surface area contributed by atoms with Crippen molar-refractivity contribution in [3.05, 3.63) is 24.3 Å². The fourth-order valence-electron chi connectivity index (χ4n) is 1.95. The topological polar surface area (TPSA) is 61.8 Å². The summed E-state index contributed by atoms with van der Waals surface area (Å²) in [7, 11) is 1.60. The van der Waals surface area contributed by atoms with Crippen LogP contribution in [0.4, 0.5) is 10.5 Å². The van der Waals surface area contributed by atoms with Gasteiger partial charge in [0.1, 0.15) is 5.75 Å².